The molecule has 1 unspecified atom stereocenters. The molecule has 4 nitrogen and oxygen atoms in total. The number of nitrogen functional groups attached to an aromatic ring is 1. The molecule has 0 saturated carbocycles. The van der Waals surface area contributed by atoms with Crippen LogP contribution in [-0.4, -0.2) is 16.6 Å². The first-order chi connectivity index (χ1) is 9.15. The van der Waals surface area contributed by atoms with E-state index in [2.05, 4.69) is 10.3 Å². The Morgan fingerprint density at radius 3 is 3.00 bits per heavy atom. The first-order valence-corrected chi connectivity index (χ1v) is 7.69. The predicted octanol–water partition coefficient (Wildman–Crippen LogP) is 2.69. The SMILES string of the molecule is CC(NC(=O)CSc1ccc(N)nc1)c1cccs1. The highest BCUT2D eigenvalue weighted by atomic mass is 32.2. The molecule has 2 rings (SSSR count). The molecule has 0 radical (unpaired) electrons. The summed E-state index contributed by atoms with van der Waals surface area (Å²) >= 11 is 3.09. The molecule has 0 aliphatic heterocycles. The Balaban J connectivity index is 1.80. The van der Waals surface area contributed by atoms with Gasteiger partial charge in [0.05, 0.1) is 11.8 Å². The number of aromatic nitrogens is 1. The quantitative estimate of drug-likeness (QED) is 0.832. The van der Waals surface area contributed by atoms with Crippen molar-refractivity contribution in [2.75, 3.05) is 11.5 Å². The van der Waals surface area contributed by atoms with E-state index in [1.165, 1.54) is 11.8 Å². The van der Waals surface area contributed by atoms with Crippen LogP contribution in [0.5, 0.6) is 0 Å². The number of hydrogen-bond donors (Lipinski definition) is 2. The number of hydrogen-bond acceptors (Lipinski definition) is 5. The van der Waals surface area contributed by atoms with E-state index in [4.69, 9.17) is 5.73 Å². The minimum Gasteiger partial charge on any atom is -0.384 e. The normalized spacial score (nSPS) is 12.1. The third kappa shape index (κ3) is 4.25. The van der Waals surface area contributed by atoms with E-state index in [1.807, 2.05) is 30.5 Å². The van der Waals surface area contributed by atoms with Crippen LogP contribution in [0.1, 0.15) is 17.8 Å². The Kier molecular flexibility index (Phi) is 4.81. The summed E-state index contributed by atoms with van der Waals surface area (Å²) in [5, 5.41) is 4.98. The lowest BCUT2D eigenvalue weighted by molar-refractivity contribution is -0.119. The second-order valence-electron chi connectivity index (χ2n) is 4.01. The molecule has 1 atom stereocenters. The van der Waals surface area contributed by atoms with Gasteiger partial charge in [-0.25, -0.2) is 4.98 Å². The van der Waals surface area contributed by atoms with Gasteiger partial charge in [-0.3, -0.25) is 4.79 Å². The minimum absolute atomic E-state index is 0.0164. The lowest BCUT2D eigenvalue weighted by atomic mass is 10.3. The standard InChI is InChI=1S/C13H15N3OS2/c1-9(11-3-2-6-18-11)16-13(17)8-19-10-4-5-12(14)15-7-10/h2-7,9H,8H2,1H3,(H2,14,15)(H,16,17). The molecule has 3 N–H and O–H groups in total. The number of rotatable bonds is 5. The van der Waals surface area contributed by atoms with Gasteiger partial charge >= 0.3 is 0 Å². The van der Waals surface area contributed by atoms with Crippen LogP contribution < -0.4 is 11.1 Å². The fourth-order valence-electron chi connectivity index (χ4n) is 1.52. The second-order valence-corrected chi connectivity index (χ2v) is 6.04. The van der Waals surface area contributed by atoms with Gasteiger partial charge < -0.3 is 11.1 Å². The number of amides is 1. The molecule has 1 amide bonds. The van der Waals surface area contributed by atoms with Gasteiger partial charge in [0, 0.05) is 16.0 Å². The van der Waals surface area contributed by atoms with Crippen molar-refractivity contribution in [3.8, 4) is 0 Å². The van der Waals surface area contributed by atoms with Crippen molar-refractivity contribution in [2.45, 2.75) is 17.9 Å². The van der Waals surface area contributed by atoms with Crippen molar-refractivity contribution in [2.24, 2.45) is 0 Å². The van der Waals surface area contributed by atoms with Gasteiger partial charge in [-0.05, 0) is 30.5 Å². The zero-order chi connectivity index (χ0) is 13.7. The molecule has 0 aliphatic rings. The zero-order valence-electron chi connectivity index (χ0n) is 10.5. The molecule has 2 aromatic rings. The fourth-order valence-corrected chi connectivity index (χ4v) is 2.92. The lowest BCUT2D eigenvalue weighted by Crippen LogP contribution is -2.27. The van der Waals surface area contributed by atoms with Crippen LogP contribution in [-0.2, 0) is 4.79 Å². The third-order valence-electron chi connectivity index (χ3n) is 2.48. The van der Waals surface area contributed by atoms with Gasteiger partial charge in [0.15, 0.2) is 0 Å². The van der Waals surface area contributed by atoms with E-state index >= 15 is 0 Å². The van der Waals surface area contributed by atoms with Gasteiger partial charge in [0.25, 0.3) is 0 Å². The number of thiophene rings is 1. The van der Waals surface area contributed by atoms with Crippen LogP contribution in [0.4, 0.5) is 5.82 Å². The van der Waals surface area contributed by atoms with Crippen molar-refractivity contribution in [3.63, 3.8) is 0 Å². The molecule has 0 aliphatic carbocycles. The molecule has 6 heteroatoms. The molecule has 2 heterocycles. The zero-order valence-corrected chi connectivity index (χ0v) is 12.1. The van der Waals surface area contributed by atoms with Crippen molar-refractivity contribution in [1.82, 2.24) is 10.3 Å². The summed E-state index contributed by atoms with van der Waals surface area (Å²) in [6.45, 7) is 1.99. The summed E-state index contributed by atoms with van der Waals surface area (Å²) in [5.41, 5.74) is 5.50. The first-order valence-electron chi connectivity index (χ1n) is 5.82. The summed E-state index contributed by atoms with van der Waals surface area (Å²) in [7, 11) is 0. The van der Waals surface area contributed by atoms with Gasteiger partial charge in [0.2, 0.25) is 5.91 Å². The van der Waals surface area contributed by atoms with Crippen LogP contribution in [0.25, 0.3) is 0 Å². The number of carbonyl (C=O) groups is 1. The van der Waals surface area contributed by atoms with Crippen LogP contribution >= 0.6 is 23.1 Å². The summed E-state index contributed by atoms with van der Waals surface area (Å²) < 4.78 is 0. The number of thioether (sulfide) groups is 1. The maximum absolute atomic E-state index is 11.8. The fraction of sp³-hybridized carbons (Fsp3) is 0.231. The Hall–Kier alpha value is -1.53. The van der Waals surface area contributed by atoms with Crippen LogP contribution in [0, 0.1) is 0 Å². The number of nitrogens with one attached hydrogen (secondary N) is 1. The van der Waals surface area contributed by atoms with Crippen LogP contribution in [0.15, 0.2) is 40.7 Å². The van der Waals surface area contributed by atoms with E-state index in [-0.39, 0.29) is 11.9 Å². The molecule has 0 spiro atoms. The molecule has 19 heavy (non-hydrogen) atoms. The minimum atomic E-state index is 0.0164. The Bertz CT molecular complexity index is 525. The summed E-state index contributed by atoms with van der Waals surface area (Å²) in [6.07, 6.45) is 1.68. The molecule has 100 valence electrons. The summed E-state index contributed by atoms with van der Waals surface area (Å²) in [6, 6.07) is 7.65. The largest absolute Gasteiger partial charge is 0.384 e. The number of anilines is 1. The van der Waals surface area contributed by atoms with Crippen molar-refractivity contribution in [3.05, 3.63) is 40.7 Å². The third-order valence-corrected chi connectivity index (χ3v) is 4.51. The second kappa shape index (κ2) is 6.58. The van der Waals surface area contributed by atoms with Crippen LogP contribution in [0.2, 0.25) is 0 Å². The van der Waals surface area contributed by atoms with E-state index in [0.717, 1.165) is 9.77 Å². The number of nitrogens with two attached hydrogens (primary N) is 1. The smallest absolute Gasteiger partial charge is 0.230 e. The van der Waals surface area contributed by atoms with E-state index < -0.39 is 0 Å². The molecule has 2 aromatic heterocycles. The first kappa shape index (κ1) is 13.9. The highest BCUT2D eigenvalue weighted by Gasteiger charge is 2.10. The Labute approximate surface area is 120 Å². The average molecular weight is 293 g/mol. The number of carbonyl (C=O) groups excluding carboxylic acids is 1. The predicted molar refractivity (Wildman–Crippen MR) is 80.3 cm³/mol. The van der Waals surface area contributed by atoms with Crippen LogP contribution in [0.3, 0.4) is 0 Å². The summed E-state index contributed by atoms with van der Waals surface area (Å²) in [4.78, 5) is 17.9. The van der Waals surface area contributed by atoms with Gasteiger partial charge in [-0.15, -0.1) is 23.1 Å². The summed E-state index contributed by atoms with van der Waals surface area (Å²) in [5.74, 6) is 0.879. The van der Waals surface area contributed by atoms with Crippen molar-refractivity contribution < 1.29 is 4.79 Å². The highest BCUT2D eigenvalue weighted by Crippen LogP contribution is 2.20. The molecule has 0 aromatic carbocycles. The monoisotopic (exact) mass is 293 g/mol. The van der Waals surface area contributed by atoms with E-state index in [9.17, 15) is 4.79 Å². The Morgan fingerprint density at radius 1 is 1.53 bits per heavy atom. The lowest BCUT2D eigenvalue weighted by Gasteiger charge is -2.11. The average Bonchev–Trinajstić information content (AvgIpc) is 2.92. The molecule has 0 fully saturated rings. The van der Waals surface area contributed by atoms with Gasteiger partial charge in [0.1, 0.15) is 5.82 Å². The van der Waals surface area contributed by atoms with E-state index in [1.54, 1.807) is 23.6 Å². The van der Waals surface area contributed by atoms with Crippen molar-refractivity contribution >= 4 is 34.8 Å². The molecular formula is C13H15N3OS2. The van der Waals surface area contributed by atoms with E-state index in [0.29, 0.717) is 11.6 Å². The maximum Gasteiger partial charge on any atom is 0.230 e. The maximum atomic E-state index is 11.8. The molecule has 0 bridgehead atoms. The van der Waals surface area contributed by atoms with Gasteiger partial charge in [-0.1, -0.05) is 6.07 Å². The number of nitrogens with zero attached hydrogens (tertiary/aromatic N) is 1. The van der Waals surface area contributed by atoms with Gasteiger partial charge in [-0.2, -0.15) is 0 Å². The Morgan fingerprint density at radius 2 is 2.37 bits per heavy atom. The van der Waals surface area contributed by atoms with Crippen molar-refractivity contribution in [1.29, 1.82) is 0 Å². The number of pyridine rings is 1. The highest BCUT2D eigenvalue weighted by molar-refractivity contribution is 8.00. The topological polar surface area (TPSA) is 68.0 Å². The molecule has 0 saturated heterocycles. The molecular weight excluding hydrogens is 278 g/mol.